The van der Waals surface area contributed by atoms with Crippen LogP contribution in [-0.2, 0) is 66.7 Å². The molecule has 16 heteroatoms. The fraction of sp³-hybridized carbons (Fsp3) is 0.750. The lowest BCUT2D eigenvalue weighted by molar-refractivity contribution is -0.179. The second kappa shape index (κ2) is 12.7. The number of ether oxygens (including phenoxy) is 4. The van der Waals surface area contributed by atoms with E-state index in [2.05, 4.69) is 0 Å². The van der Waals surface area contributed by atoms with Crippen LogP contribution in [0.3, 0.4) is 0 Å². The molecule has 0 spiro atoms. The SMILES string of the molecule is CC(=O)OCC(OC(C)=O)C(OS(C)(=O)=O)C(OS(C)(=O)=O)C(COC(C)=O)OC(C)=O. The third-order valence-electron chi connectivity index (χ3n) is 3.16. The van der Waals surface area contributed by atoms with Gasteiger partial charge in [0.05, 0.1) is 12.5 Å². The molecule has 4 atom stereocenters. The Morgan fingerprint density at radius 1 is 0.594 bits per heavy atom. The van der Waals surface area contributed by atoms with E-state index in [4.69, 9.17) is 27.3 Å². The summed E-state index contributed by atoms with van der Waals surface area (Å²) in [5.41, 5.74) is 0. The maximum atomic E-state index is 11.9. The first kappa shape index (κ1) is 29.7. The second-order valence-electron chi connectivity index (χ2n) is 6.43. The van der Waals surface area contributed by atoms with Crippen molar-refractivity contribution in [2.75, 3.05) is 25.7 Å². The summed E-state index contributed by atoms with van der Waals surface area (Å²) in [5, 5.41) is 0. The van der Waals surface area contributed by atoms with Crippen LogP contribution >= 0.6 is 0 Å². The third kappa shape index (κ3) is 13.9. The molecule has 0 rings (SSSR count). The van der Waals surface area contributed by atoms with E-state index < -0.39 is 81.7 Å². The van der Waals surface area contributed by atoms with E-state index in [1.165, 1.54) is 0 Å². The minimum absolute atomic E-state index is 0.598. The van der Waals surface area contributed by atoms with Gasteiger partial charge >= 0.3 is 23.9 Å². The number of carbonyl (C=O) groups is 4. The number of rotatable bonds is 13. The highest BCUT2D eigenvalue weighted by Gasteiger charge is 2.45. The van der Waals surface area contributed by atoms with E-state index in [-0.39, 0.29) is 0 Å². The average molecular weight is 507 g/mol. The monoisotopic (exact) mass is 506 g/mol. The first-order chi connectivity index (χ1) is 14.4. The number of hydrogen-bond donors (Lipinski definition) is 0. The highest BCUT2D eigenvalue weighted by Crippen LogP contribution is 2.23. The number of hydrogen-bond acceptors (Lipinski definition) is 14. The van der Waals surface area contributed by atoms with Crippen molar-refractivity contribution in [1.29, 1.82) is 0 Å². The van der Waals surface area contributed by atoms with Crippen LogP contribution in [0.25, 0.3) is 0 Å². The molecule has 0 aromatic carbocycles. The van der Waals surface area contributed by atoms with Crippen molar-refractivity contribution in [2.24, 2.45) is 0 Å². The largest absolute Gasteiger partial charge is 0.462 e. The van der Waals surface area contributed by atoms with Gasteiger partial charge in [-0.15, -0.1) is 0 Å². The first-order valence-electron chi connectivity index (χ1n) is 8.79. The van der Waals surface area contributed by atoms with E-state index in [1.54, 1.807) is 0 Å². The topological polar surface area (TPSA) is 192 Å². The minimum Gasteiger partial charge on any atom is -0.462 e. The molecule has 0 aliphatic rings. The molecule has 14 nitrogen and oxygen atoms in total. The van der Waals surface area contributed by atoms with Crippen molar-refractivity contribution in [2.45, 2.75) is 52.1 Å². The fourth-order valence-corrected chi connectivity index (χ4v) is 3.55. The molecule has 4 unspecified atom stereocenters. The molecule has 0 radical (unpaired) electrons. The molecule has 32 heavy (non-hydrogen) atoms. The van der Waals surface area contributed by atoms with Crippen LogP contribution in [0, 0.1) is 0 Å². The standard InChI is InChI=1S/C16H26O14S2/c1-9(17)25-7-13(27-11(3)19)15(29-31(5,21)22)16(30-32(6,23)24)14(28-12(4)20)8-26-10(2)18/h13-16H,7-8H2,1-6H3. The summed E-state index contributed by atoms with van der Waals surface area (Å²) in [6.45, 7) is 2.33. The van der Waals surface area contributed by atoms with Gasteiger partial charge in [-0.05, 0) is 0 Å². The van der Waals surface area contributed by atoms with E-state index >= 15 is 0 Å². The Kier molecular flexibility index (Phi) is 11.8. The Labute approximate surface area is 185 Å². The van der Waals surface area contributed by atoms with Gasteiger partial charge in [-0.25, -0.2) is 0 Å². The van der Waals surface area contributed by atoms with Crippen molar-refractivity contribution < 1.29 is 63.3 Å². The highest BCUT2D eigenvalue weighted by atomic mass is 32.2. The van der Waals surface area contributed by atoms with Gasteiger partial charge in [-0.1, -0.05) is 0 Å². The fourth-order valence-electron chi connectivity index (χ4n) is 2.28. The van der Waals surface area contributed by atoms with Crippen LogP contribution in [0.15, 0.2) is 0 Å². The van der Waals surface area contributed by atoms with Gasteiger partial charge in [0, 0.05) is 27.7 Å². The molecule has 0 aromatic heterocycles. The molecule has 0 N–H and O–H groups in total. The van der Waals surface area contributed by atoms with Crippen molar-refractivity contribution in [3.8, 4) is 0 Å². The summed E-state index contributed by atoms with van der Waals surface area (Å²) in [5.74, 6) is -3.66. The molecule has 0 heterocycles. The smallest absolute Gasteiger partial charge is 0.303 e. The van der Waals surface area contributed by atoms with Crippen molar-refractivity contribution in [3.05, 3.63) is 0 Å². The predicted octanol–water partition coefficient (Wildman–Crippen LogP) is -1.33. The van der Waals surface area contributed by atoms with Gasteiger partial charge in [0.25, 0.3) is 20.2 Å². The predicted molar refractivity (Wildman–Crippen MR) is 104 cm³/mol. The van der Waals surface area contributed by atoms with E-state index in [0.717, 1.165) is 27.7 Å². The minimum atomic E-state index is -4.39. The van der Waals surface area contributed by atoms with Crippen LogP contribution in [0.5, 0.6) is 0 Å². The van der Waals surface area contributed by atoms with Gasteiger partial charge in [0.2, 0.25) is 0 Å². The molecule has 186 valence electrons. The quantitative estimate of drug-likeness (QED) is 0.162. The third-order valence-corrected chi connectivity index (χ3v) is 4.31. The van der Waals surface area contributed by atoms with Crippen LogP contribution in [0.1, 0.15) is 27.7 Å². The van der Waals surface area contributed by atoms with Crippen molar-refractivity contribution in [1.82, 2.24) is 0 Å². The van der Waals surface area contributed by atoms with Crippen molar-refractivity contribution in [3.63, 3.8) is 0 Å². The first-order valence-corrected chi connectivity index (χ1v) is 12.4. The Morgan fingerprint density at radius 2 is 0.875 bits per heavy atom. The van der Waals surface area contributed by atoms with Gasteiger partial charge < -0.3 is 18.9 Å². The summed E-state index contributed by atoms with van der Waals surface area (Å²) in [6.07, 6.45) is -6.34. The lowest BCUT2D eigenvalue weighted by atomic mass is 10.0. The Hall–Kier alpha value is -2.30. The zero-order valence-electron chi connectivity index (χ0n) is 18.3. The summed E-state index contributed by atoms with van der Waals surface area (Å²) >= 11 is 0. The lowest BCUT2D eigenvalue weighted by Crippen LogP contribution is -2.54. The molecule has 0 saturated heterocycles. The molecular weight excluding hydrogens is 480 g/mol. The maximum Gasteiger partial charge on any atom is 0.303 e. The summed E-state index contributed by atoms with van der Waals surface area (Å²) < 4.78 is 76.7. The van der Waals surface area contributed by atoms with Gasteiger partial charge in [0.1, 0.15) is 25.4 Å². The van der Waals surface area contributed by atoms with E-state index in [0.29, 0.717) is 12.5 Å². The zero-order chi connectivity index (χ0) is 25.3. The van der Waals surface area contributed by atoms with Crippen molar-refractivity contribution >= 4 is 44.1 Å². The van der Waals surface area contributed by atoms with Crippen LogP contribution in [0.2, 0.25) is 0 Å². The molecular formula is C16H26O14S2. The molecule has 0 aliphatic carbocycles. The number of carbonyl (C=O) groups excluding carboxylic acids is 4. The Balaban J connectivity index is 6.59. The van der Waals surface area contributed by atoms with Crippen LogP contribution in [-0.4, -0.2) is 90.9 Å². The summed E-state index contributed by atoms with van der Waals surface area (Å²) in [4.78, 5) is 45.6. The van der Waals surface area contributed by atoms with Gasteiger partial charge in [-0.2, -0.15) is 16.8 Å². The van der Waals surface area contributed by atoms with Gasteiger partial charge in [-0.3, -0.25) is 27.5 Å². The van der Waals surface area contributed by atoms with E-state index in [9.17, 15) is 36.0 Å². The molecule has 0 aromatic rings. The van der Waals surface area contributed by atoms with Gasteiger partial charge in [0.15, 0.2) is 12.2 Å². The summed E-state index contributed by atoms with van der Waals surface area (Å²) in [6, 6.07) is 0. The normalized spacial score (nSPS) is 15.6. The molecule has 0 aliphatic heterocycles. The molecule has 0 fully saturated rings. The molecule has 0 bridgehead atoms. The van der Waals surface area contributed by atoms with E-state index in [1.807, 2.05) is 0 Å². The second-order valence-corrected chi connectivity index (χ2v) is 9.63. The highest BCUT2D eigenvalue weighted by molar-refractivity contribution is 7.86. The summed E-state index contributed by atoms with van der Waals surface area (Å²) in [7, 11) is -8.78. The number of esters is 4. The lowest BCUT2D eigenvalue weighted by Gasteiger charge is -2.34. The van der Waals surface area contributed by atoms with Crippen LogP contribution in [0.4, 0.5) is 0 Å². The zero-order valence-corrected chi connectivity index (χ0v) is 19.9. The molecule has 0 saturated carbocycles. The average Bonchev–Trinajstić information content (AvgIpc) is 2.56. The maximum absolute atomic E-state index is 11.9. The Bertz CT molecular complexity index is 818. The van der Waals surface area contributed by atoms with Crippen LogP contribution < -0.4 is 0 Å². The molecule has 0 amide bonds. The Morgan fingerprint density at radius 3 is 1.06 bits per heavy atom.